The van der Waals surface area contributed by atoms with Crippen molar-refractivity contribution in [3.63, 3.8) is 0 Å². The van der Waals surface area contributed by atoms with E-state index in [0.29, 0.717) is 31.9 Å². The first kappa shape index (κ1) is 12.3. The normalized spacial score (nSPS) is 16.6. The van der Waals surface area contributed by atoms with Crippen LogP contribution in [0.5, 0.6) is 0 Å². The number of rotatable bonds is 4. The number of anilines is 1. The number of hydrogen-bond donors (Lipinski definition) is 0. The average molecular weight is 278 g/mol. The lowest BCUT2D eigenvalue weighted by Crippen LogP contribution is -2.08. The maximum atomic E-state index is 11.1. The van der Waals surface area contributed by atoms with E-state index in [2.05, 4.69) is 4.99 Å². The third-order valence-corrected chi connectivity index (χ3v) is 3.09. The van der Waals surface area contributed by atoms with Gasteiger partial charge in [0.2, 0.25) is 5.90 Å². The first-order chi connectivity index (χ1) is 9.58. The lowest BCUT2D eigenvalue weighted by atomic mass is 10.1. The fourth-order valence-corrected chi connectivity index (χ4v) is 2.08. The summed E-state index contributed by atoms with van der Waals surface area (Å²) in [6, 6.07) is 2.40. The zero-order valence-electron chi connectivity index (χ0n) is 10.3. The quantitative estimate of drug-likeness (QED) is 0.463. The van der Waals surface area contributed by atoms with E-state index in [1.165, 1.54) is 6.07 Å². The molecule has 0 amide bonds. The Morgan fingerprint density at radius 3 is 2.35 bits per heavy atom. The fraction of sp³-hybridized carbons (Fsp3) is 0.364. The van der Waals surface area contributed by atoms with E-state index in [4.69, 9.17) is 4.74 Å². The van der Waals surface area contributed by atoms with Crippen LogP contribution in [0.1, 0.15) is 5.56 Å². The van der Waals surface area contributed by atoms with E-state index in [1.54, 1.807) is 4.90 Å². The minimum absolute atomic E-state index is 0.176. The summed E-state index contributed by atoms with van der Waals surface area (Å²) in [4.78, 5) is 26.7. The number of nitro groups is 2. The van der Waals surface area contributed by atoms with Crippen molar-refractivity contribution < 1.29 is 14.6 Å². The van der Waals surface area contributed by atoms with Gasteiger partial charge in [-0.3, -0.25) is 20.2 Å². The number of aliphatic imine (C=N–C) groups is 1. The molecule has 9 nitrogen and oxygen atoms in total. The SMILES string of the molecule is O=[N+]([O-])c1cc([N+](=O)[O-])c(N2CC2)cc1C1=NCCO1. The predicted molar refractivity (Wildman–Crippen MR) is 69.3 cm³/mol. The molecule has 0 spiro atoms. The molecule has 9 heteroatoms. The molecule has 0 radical (unpaired) electrons. The lowest BCUT2D eigenvalue weighted by molar-refractivity contribution is -0.393. The van der Waals surface area contributed by atoms with E-state index >= 15 is 0 Å². The van der Waals surface area contributed by atoms with E-state index in [-0.39, 0.29) is 22.8 Å². The summed E-state index contributed by atoms with van der Waals surface area (Å²) in [7, 11) is 0. The van der Waals surface area contributed by atoms with Crippen LogP contribution >= 0.6 is 0 Å². The van der Waals surface area contributed by atoms with E-state index in [0.717, 1.165) is 6.07 Å². The Labute approximate surface area is 112 Å². The van der Waals surface area contributed by atoms with Gasteiger partial charge in [0, 0.05) is 13.1 Å². The molecule has 0 atom stereocenters. The molecule has 104 valence electrons. The molecule has 1 fully saturated rings. The van der Waals surface area contributed by atoms with Crippen molar-refractivity contribution in [2.24, 2.45) is 4.99 Å². The summed E-state index contributed by atoms with van der Waals surface area (Å²) < 4.78 is 5.24. The molecule has 2 heterocycles. The molecule has 0 saturated carbocycles. The van der Waals surface area contributed by atoms with Gasteiger partial charge in [-0.2, -0.15) is 0 Å². The molecule has 0 bridgehead atoms. The molecule has 0 N–H and O–H groups in total. The summed E-state index contributed by atoms with van der Waals surface area (Å²) >= 11 is 0. The van der Waals surface area contributed by atoms with Gasteiger partial charge in [0.25, 0.3) is 11.4 Å². The smallest absolute Gasteiger partial charge is 0.299 e. The van der Waals surface area contributed by atoms with Crippen molar-refractivity contribution in [2.45, 2.75) is 0 Å². The Morgan fingerprint density at radius 2 is 1.85 bits per heavy atom. The molecule has 1 saturated heterocycles. The van der Waals surface area contributed by atoms with Crippen LogP contribution in [0.2, 0.25) is 0 Å². The van der Waals surface area contributed by atoms with Crippen LogP contribution < -0.4 is 4.90 Å². The highest BCUT2D eigenvalue weighted by Gasteiger charge is 2.33. The summed E-state index contributed by atoms with van der Waals surface area (Å²) in [5.41, 5.74) is -0.0618. The van der Waals surface area contributed by atoms with E-state index in [1.807, 2.05) is 0 Å². The van der Waals surface area contributed by atoms with Gasteiger partial charge < -0.3 is 9.64 Å². The van der Waals surface area contributed by atoms with Crippen LogP contribution in [0.15, 0.2) is 17.1 Å². The second-order valence-corrected chi connectivity index (χ2v) is 4.39. The number of benzene rings is 1. The van der Waals surface area contributed by atoms with Crippen molar-refractivity contribution in [1.82, 2.24) is 0 Å². The second-order valence-electron chi connectivity index (χ2n) is 4.39. The first-order valence-corrected chi connectivity index (χ1v) is 5.97. The maximum Gasteiger partial charge on any atom is 0.299 e. The minimum atomic E-state index is -0.654. The van der Waals surface area contributed by atoms with Gasteiger partial charge in [-0.1, -0.05) is 0 Å². The zero-order chi connectivity index (χ0) is 14.3. The topological polar surface area (TPSA) is 111 Å². The third kappa shape index (κ3) is 2.02. The van der Waals surface area contributed by atoms with Crippen molar-refractivity contribution in [3.05, 3.63) is 37.9 Å². The van der Waals surface area contributed by atoms with Gasteiger partial charge in [-0.25, -0.2) is 4.99 Å². The molecule has 0 aromatic heterocycles. The van der Waals surface area contributed by atoms with Crippen LogP contribution in [0.25, 0.3) is 0 Å². The summed E-state index contributed by atoms with van der Waals surface area (Å²) in [5, 5.41) is 22.2. The molecule has 1 aromatic carbocycles. The lowest BCUT2D eigenvalue weighted by Gasteiger charge is -2.08. The fourth-order valence-electron chi connectivity index (χ4n) is 2.08. The highest BCUT2D eigenvalue weighted by Crippen LogP contribution is 2.38. The van der Waals surface area contributed by atoms with Crippen molar-refractivity contribution in [3.8, 4) is 0 Å². The molecule has 1 aromatic rings. The largest absolute Gasteiger partial charge is 0.475 e. The maximum absolute atomic E-state index is 11.1. The Balaban J connectivity index is 2.18. The highest BCUT2D eigenvalue weighted by atomic mass is 16.6. The van der Waals surface area contributed by atoms with Gasteiger partial charge in [0.05, 0.1) is 22.5 Å². The summed E-state index contributed by atoms with van der Waals surface area (Å²) in [6.45, 7) is 2.20. The van der Waals surface area contributed by atoms with Crippen molar-refractivity contribution in [2.75, 3.05) is 31.1 Å². The molecule has 3 rings (SSSR count). The van der Waals surface area contributed by atoms with Gasteiger partial charge >= 0.3 is 0 Å². The molecular weight excluding hydrogens is 268 g/mol. The molecular formula is C11H10N4O5. The molecule has 0 aliphatic carbocycles. The Kier molecular flexibility index (Phi) is 2.74. The van der Waals surface area contributed by atoms with Crippen LogP contribution in [0.4, 0.5) is 17.1 Å². The Hall–Kier alpha value is -2.71. The first-order valence-electron chi connectivity index (χ1n) is 5.97. The minimum Gasteiger partial charge on any atom is -0.475 e. The summed E-state index contributed by atoms with van der Waals surface area (Å²) in [5.74, 6) is 0.176. The van der Waals surface area contributed by atoms with Crippen molar-refractivity contribution >= 4 is 23.0 Å². The molecule has 2 aliphatic heterocycles. The Morgan fingerprint density at radius 1 is 1.15 bits per heavy atom. The number of nitro benzene ring substituents is 2. The van der Waals surface area contributed by atoms with Crippen LogP contribution in [-0.4, -0.2) is 42.0 Å². The molecule has 2 aliphatic rings. The van der Waals surface area contributed by atoms with Crippen LogP contribution in [0.3, 0.4) is 0 Å². The zero-order valence-corrected chi connectivity index (χ0v) is 10.3. The number of nitrogens with zero attached hydrogens (tertiary/aromatic N) is 4. The second kappa shape index (κ2) is 4.44. The standard InChI is InChI=1S/C11H10N4O5/c16-14(17)8-6-10(15(18)19)9(13-2-3-13)5-7(8)11-12-1-4-20-11/h5-6H,1-4H2. The van der Waals surface area contributed by atoms with Gasteiger partial charge in [0.1, 0.15) is 17.9 Å². The third-order valence-electron chi connectivity index (χ3n) is 3.09. The number of ether oxygens (including phenoxy) is 1. The monoisotopic (exact) mass is 278 g/mol. The van der Waals surface area contributed by atoms with E-state index in [9.17, 15) is 20.2 Å². The molecule has 20 heavy (non-hydrogen) atoms. The number of hydrogen-bond acceptors (Lipinski definition) is 7. The van der Waals surface area contributed by atoms with Gasteiger partial charge in [0.15, 0.2) is 0 Å². The van der Waals surface area contributed by atoms with E-state index < -0.39 is 9.85 Å². The average Bonchev–Trinajstić information content (AvgIpc) is 3.11. The Bertz CT molecular complexity index is 638. The predicted octanol–water partition coefficient (Wildman–Crippen LogP) is 1.10. The van der Waals surface area contributed by atoms with Crippen LogP contribution in [-0.2, 0) is 4.74 Å². The van der Waals surface area contributed by atoms with Gasteiger partial charge in [-0.15, -0.1) is 0 Å². The van der Waals surface area contributed by atoms with Crippen molar-refractivity contribution in [1.29, 1.82) is 0 Å². The molecule has 0 unspecified atom stereocenters. The van der Waals surface area contributed by atoms with Gasteiger partial charge in [-0.05, 0) is 6.07 Å². The highest BCUT2D eigenvalue weighted by molar-refractivity contribution is 6.01. The van der Waals surface area contributed by atoms with Crippen LogP contribution in [0, 0.1) is 20.2 Å². The summed E-state index contributed by atoms with van der Waals surface area (Å²) in [6.07, 6.45) is 0.